The van der Waals surface area contributed by atoms with Gasteiger partial charge < -0.3 is 16.0 Å². The van der Waals surface area contributed by atoms with Crippen LogP contribution in [0.15, 0.2) is 10.4 Å². The molecule has 0 unspecified atom stereocenters. The molecule has 0 aliphatic heterocycles. The van der Waals surface area contributed by atoms with E-state index >= 15 is 0 Å². The van der Waals surface area contributed by atoms with Crippen LogP contribution in [-0.4, -0.2) is 43.0 Å². The van der Waals surface area contributed by atoms with Gasteiger partial charge in [0.25, 0.3) is 0 Å². The predicted molar refractivity (Wildman–Crippen MR) is 103 cm³/mol. The standard InChI is InChI=1S/C14H25N5OS.HI/c1-10(2)18-13(20)6-8-17-14(15-4)16-7-5-12-9-21-11(3)19-12;/h9-10H,5-8H2,1-4H3,(H,18,20)(H2,15,16,17);1H. The molecule has 6 nitrogen and oxygen atoms in total. The summed E-state index contributed by atoms with van der Waals surface area (Å²) in [6.45, 7) is 7.23. The fourth-order valence-corrected chi connectivity index (χ4v) is 2.39. The Labute approximate surface area is 153 Å². The van der Waals surface area contributed by atoms with Gasteiger partial charge in [0, 0.05) is 44.4 Å². The van der Waals surface area contributed by atoms with Crippen LogP contribution >= 0.6 is 35.3 Å². The molecule has 0 aliphatic rings. The molecule has 8 heteroatoms. The molecule has 126 valence electrons. The highest BCUT2D eigenvalue weighted by molar-refractivity contribution is 14.0. The molecule has 0 bridgehead atoms. The summed E-state index contributed by atoms with van der Waals surface area (Å²) in [5.74, 6) is 0.755. The van der Waals surface area contributed by atoms with Crippen molar-refractivity contribution in [3.8, 4) is 0 Å². The second-order valence-corrected chi connectivity index (χ2v) is 6.07. The molecule has 0 aliphatic carbocycles. The van der Waals surface area contributed by atoms with Crippen molar-refractivity contribution in [2.24, 2.45) is 4.99 Å². The molecule has 1 aromatic rings. The zero-order valence-electron chi connectivity index (χ0n) is 13.6. The Kier molecular flexibility index (Phi) is 11.2. The van der Waals surface area contributed by atoms with E-state index in [2.05, 4.69) is 31.3 Å². The number of thiazole rings is 1. The number of nitrogens with one attached hydrogen (secondary N) is 3. The highest BCUT2D eigenvalue weighted by atomic mass is 127. The van der Waals surface area contributed by atoms with Gasteiger partial charge in [-0.3, -0.25) is 9.79 Å². The Morgan fingerprint density at radius 1 is 1.36 bits per heavy atom. The van der Waals surface area contributed by atoms with E-state index in [0.717, 1.165) is 23.7 Å². The number of hydrogen-bond acceptors (Lipinski definition) is 4. The first-order chi connectivity index (χ1) is 10.0. The topological polar surface area (TPSA) is 78.4 Å². The van der Waals surface area contributed by atoms with Crippen molar-refractivity contribution in [2.45, 2.75) is 39.7 Å². The van der Waals surface area contributed by atoms with E-state index in [1.165, 1.54) is 0 Å². The van der Waals surface area contributed by atoms with Gasteiger partial charge in [0.1, 0.15) is 0 Å². The van der Waals surface area contributed by atoms with Gasteiger partial charge in [-0.25, -0.2) is 4.98 Å². The Hall–Kier alpha value is -0.900. The van der Waals surface area contributed by atoms with Crippen molar-refractivity contribution in [1.82, 2.24) is 20.9 Å². The molecule has 3 N–H and O–H groups in total. The lowest BCUT2D eigenvalue weighted by atomic mass is 10.3. The largest absolute Gasteiger partial charge is 0.356 e. The molecule has 1 rings (SSSR count). The van der Waals surface area contributed by atoms with Crippen molar-refractivity contribution >= 4 is 47.2 Å². The van der Waals surface area contributed by atoms with Gasteiger partial charge in [0.2, 0.25) is 5.91 Å². The molecule has 1 heterocycles. The average molecular weight is 439 g/mol. The number of aryl methyl sites for hydroxylation is 1. The molecule has 0 saturated carbocycles. The summed E-state index contributed by atoms with van der Waals surface area (Å²) in [4.78, 5) is 20.0. The van der Waals surface area contributed by atoms with Gasteiger partial charge in [-0.05, 0) is 20.8 Å². The smallest absolute Gasteiger partial charge is 0.221 e. The molecular formula is C14H26IN5OS. The quantitative estimate of drug-likeness (QED) is 0.343. The monoisotopic (exact) mass is 439 g/mol. The lowest BCUT2D eigenvalue weighted by Crippen LogP contribution is -2.40. The van der Waals surface area contributed by atoms with Gasteiger partial charge in [-0.2, -0.15) is 0 Å². The van der Waals surface area contributed by atoms with Crippen LogP contribution in [0.4, 0.5) is 0 Å². The van der Waals surface area contributed by atoms with Crippen LogP contribution in [0.3, 0.4) is 0 Å². The molecule has 0 saturated heterocycles. The Morgan fingerprint density at radius 2 is 2.05 bits per heavy atom. The fraction of sp³-hybridized carbons (Fsp3) is 0.643. The van der Waals surface area contributed by atoms with Gasteiger partial charge in [0.15, 0.2) is 5.96 Å². The molecule has 1 aromatic heterocycles. The number of aromatic nitrogens is 1. The first kappa shape index (κ1) is 21.1. The van der Waals surface area contributed by atoms with Crippen LogP contribution in [-0.2, 0) is 11.2 Å². The van der Waals surface area contributed by atoms with Crippen molar-refractivity contribution < 1.29 is 4.79 Å². The first-order valence-electron chi connectivity index (χ1n) is 7.16. The van der Waals surface area contributed by atoms with E-state index in [4.69, 9.17) is 0 Å². The van der Waals surface area contributed by atoms with Gasteiger partial charge in [-0.1, -0.05) is 0 Å². The lowest BCUT2D eigenvalue weighted by Gasteiger charge is -2.12. The zero-order chi connectivity index (χ0) is 15.7. The third-order valence-electron chi connectivity index (χ3n) is 2.66. The predicted octanol–water partition coefficient (Wildman–Crippen LogP) is 1.69. The maximum absolute atomic E-state index is 11.5. The van der Waals surface area contributed by atoms with Crippen LogP contribution in [0.2, 0.25) is 0 Å². The van der Waals surface area contributed by atoms with Crippen LogP contribution in [0.1, 0.15) is 31.0 Å². The summed E-state index contributed by atoms with van der Waals surface area (Å²) in [6.07, 6.45) is 1.29. The minimum Gasteiger partial charge on any atom is -0.356 e. The molecule has 1 amide bonds. The van der Waals surface area contributed by atoms with E-state index in [-0.39, 0.29) is 35.9 Å². The Balaban J connectivity index is 0.00000441. The summed E-state index contributed by atoms with van der Waals surface area (Å²) in [5.41, 5.74) is 1.09. The van der Waals surface area contributed by atoms with Gasteiger partial charge in [0.05, 0.1) is 10.7 Å². The Morgan fingerprint density at radius 3 is 2.59 bits per heavy atom. The molecule has 0 radical (unpaired) electrons. The first-order valence-corrected chi connectivity index (χ1v) is 8.04. The highest BCUT2D eigenvalue weighted by Crippen LogP contribution is 2.07. The number of carbonyl (C=O) groups is 1. The maximum atomic E-state index is 11.5. The molecule has 0 atom stereocenters. The molecule has 22 heavy (non-hydrogen) atoms. The van der Waals surface area contributed by atoms with Crippen molar-refractivity contribution in [3.05, 3.63) is 16.1 Å². The summed E-state index contributed by atoms with van der Waals surface area (Å²) in [7, 11) is 1.72. The van der Waals surface area contributed by atoms with Crippen molar-refractivity contribution in [3.63, 3.8) is 0 Å². The number of rotatable bonds is 7. The number of aliphatic imine (C=N–C) groups is 1. The molecule has 0 aromatic carbocycles. The molecule has 0 fully saturated rings. The molecule has 0 spiro atoms. The van der Waals surface area contributed by atoms with Crippen molar-refractivity contribution in [2.75, 3.05) is 20.1 Å². The van der Waals surface area contributed by atoms with Gasteiger partial charge >= 0.3 is 0 Å². The third kappa shape index (κ3) is 9.19. The van der Waals surface area contributed by atoms with E-state index < -0.39 is 0 Å². The Bertz CT molecular complexity index is 476. The maximum Gasteiger partial charge on any atom is 0.221 e. The number of halogens is 1. The third-order valence-corrected chi connectivity index (χ3v) is 3.48. The zero-order valence-corrected chi connectivity index (χ0v) is 16.7. The normalized spacial score (nSPS) is 11.0. The van der Waals surface area contributed by atoms with E-state index in [9.17, 15) is 4.79 Å². The van der Waals surface area contributed by atoms with Gasteiger partial charge in [-0.15, -0.1) is 35.3 Å². The van der Waals surface area contributed by atoms with Crippen LogP contribution in [0.25, 0.3) is 0 Å². The van der Waals surface area contributed by atoms with Crippen molar-refractivity contribution in [1.29, 1.82) is 0 Å². The van der Waals surface area contributed by atoms with E-state index in [1.54, 1.807) is 18.4 Å². The minimum absolute atomic E-state index is 0. The lowest BCUT2D eigenvalue weighted by molar-refractivity contribution is -0.121. The number of guanidine groups is 1. The number of amides is 1. The average Bonchev–Trinajstić information content (AvgIpc) is 2.82. The van der Waals surface area contributed by atoms with Crippen LogP contribution in [0, 0.1) is 6.92 Å². The summed E-state index contributed by atoms with van der Waals surface area (Å²) < 4.78 is 0. The summed E-state index contributed by atoms with van der Waals surface area (Å²) in [5, 5.41) is 12.4. The number of nitrogens with zero attached hydrogens (tertiary/aromatic N) is 2. The summed E-state index contributed by atoms with van der Waals surface area (Å²) in [6, 6.07) is 0.177. The highest BCUT2D eigenvalue weighted by Gasteiger charge is 2.04. The van der Waals surface area contributed by atoms with Crippen LogP contribution < -0.4 is 16.0 Å². The number of carbonyl (C=O) groups excluding carboxylic acids is 1. The SMILES string of the molecule is CN=C(NCCC(=O)NC(C)C)NCCc1csc(C)n1.I. The second kappa shape index (κ2) is 11.6. The second-order valence-electron chi connectivity index (χ2n) is 5.01. The molecular weight excluding hydrogens is 413 g/mol. The van der Waals surface area contributed by atoms with E-state index in [0.29, 0.717) is 18.9 Å². The van der Waals surface area contributed by atoms with E-state index in [1.807, 2.05) is 20.8 Å². The number of hydrogen-bond donors (Lipinski definition) is 3. The minimum atomic E-state index is 0. The van der Waals surface area contributed by atoms with Crippen LogP contribution in [0.5, 0.6) is 0 Å². The fourth-order valence-electron chi connectivity index (χ4n) is 1.74. The summed E-state index contributed by atoms with van der Waals surface area (Å²) >= 11 is 1.66.